The van der Waals surface area contributed by atoms with Crippen LogP contribution in [0.25, 0.3) is 10.9 Å². The summed E-state index contributed by atoms with van der Waals surface area (Å²) in [5.74, 6) is -1.58. The number of rotatable bonds is 4. The molecule has 1 aliphatic heterocycles. The first kappa shape index (κ1) is 17.1. The lowest BCUT2D eigenvalue weighted by Crippen LogP contribution is -2.49. The van der Waals surface area contributed by atoms with Gasteiger partial charge in [-0.3, -0.25) is 14.4 Å². The number of carbonyl (C=O) groups is 2. The number of aryl methyl sites for hydroxylation is 1. The molecule has 25 heavy (non-hydrogen) atoms. The van der Waals surface area contributed by atoms with Crippen LogP contribution in [0.4, 0.5) is 0 Å². The van der Waals surface area contributed by atoms with Crippen molar-refractivity contribution in [1.29, 1.82) is 0 Å². The van der Waals surface area contributed by atoms with E-state index < -0.39 is 11.9 Å². The molecule has 0 aliphatic carbocycles. The topological polar surface area (TPSA) is 105 Å². The molecule has 3 rings (SSSR count). The summed E-state index contributed by atoms with van der Waals surface area (Å²) in [6.45, 7) is 2.43. The monoisotopic (exact) mass is 344 g/mol. The molecule has 8 nitrogen and oxygen atoms in total. The summed E-state index contributed by atoms with van der Waals surface area (Å²) in [5, 5.41) is 17.6. The van der Waals surface area contributed by atoms with Crippen LogP contribution in [-0.4, -0.2) is 49.5 Å². The van der Waals surface area contributed by atoms with Gasteiger partial charge in [0.25, 0.3) is 5.56 Å². The second-order valence-corrected chi connectivity index (χ2v) is 6.30. The van der Waals surface area contributed by atoms with E-state index in [9.17, 15) is 19.5 Å². The van der Waals surface area contributed by atoms with Gasteiger partial charge in [-0.1, -0.05) is 17.3 Å². The van der Waals surface area contributed by atoms with Gasteiger partial charge < -0.3 is 10.0 Å². The van der Waals surface area contributed by atoms with Crippen molar-refractivity contribution in [3.8, 4) is 0 Å². The summed E-state index contributed by atoms with van der Waals surface area (Å²) in [7, 11) is 0. The Bertz CT molecular complexity index is 863. The van der Waals surface area contributed by atoms with Gasteiger partial charge in [-0.05, 0) is 31.9 Å². The molecule has 1 fully saturated rings. The Kier molecular flexibility index (Phi) is 4.78. The lowest BCUT2D eigenvalue weighted by Gasteiger charge is -2.37. The van der Waals surface area contributed by atoms with Crippen molar-refractivity contribution >= 4 is 22.8 Å². The van der Waals surface area contributed by atoms with E-state index in [0.717, 1.165) is 0 Å². The van der Waals surface area contributed by atoms with Crippen LogP contribution in [0.2, 0.25) is 0 Å². The largest absolute Gasteiger partial charge is 0.481 e. The molecule has 1 saturated heterocycles. The maximum absolute atomic E-state index is 12.5. The van der Waals surface area contributed by atoms with E-state index in [4.69, 9.17) is 0 Å². The van der Waals surface area contributed by atoms with Crippen molar-refractivity contribution < 1.29 is 14.7 Å². The highest BCUT2D eigenvalue weighted by Crippen LogP contribution is 2.24. The number of likely N-dealkylation sites (tertiary alicyclic amines) is 1. The third-order valence-electron chi connectivity index (χ3n) is 4.79. The fourth-order valence-electron chi connectivity index (χ4n) is 3.34. The van der Waals surface area contributed by atoms with Gasteiger partial charge in [0, 0.05) is 19.0 Å². The van der Waals surface area contributed by atoms with E-state index in [2.05, 4.69) is 10.3 Å². The van der Waals surface area contributed by atoms with E-state index in [1.165, 1.54) is 4.68 Å². The number of carboxylic acids is 1. The molecule has 0 saturated carbocycles. The number of benzene rings is 1. The van der Waals surface area contributed by atoms with Gasteiger partial charge in [0.1, 0.15) is 5.52 Å². The molecule has 1 aromatic carbocycles. The lowest BCUT2D eigenvalue weighted by atomic mass is 9.90. The highest BCUT2D eigenvalue weighted by Gasteiger charge is 2.35. The first-order valence-electron chi connectivity index (χ1n) is 8.34. The van der Waals surface area contributed by atoms with Crippen molar-refractivity contribution in [2.45, 2.75) is 38.8 Å². The fraction of sp³-hybridized carbons (Fsp3) is 0.471. The molecule has 2 atom stereocenters. The number of aromatic nitrogens is 3. The van der Waals surface area contributed by atoms with Crippen LogP contribution < -0.4 is 5.56 Å². The molecule has 2 aromatic rings. The highest BCUT2D eigenvalue weighted by molar-refractivity contribution is 5.79. The van der Waals surface area contributed by atoms with E-state index in [1.54, 1.807) is 36.1 Å². The first-order chi connectivity index (χ1) is 12.0. The number of piperidine rings is 1. The third kappa shape index (κ3) is 3.38. The van der Waals surface area contributed by atoms with E-state index in [-0.39, 0.29) is 30.5 Å². The number of hydrogen-bond donors (Lipinski definition) is 1. The summed E-state index contributed by atoms with van der Waals surface area (Å²) >= 11 is 0. The number of fused-ring (bicyclic) bond motifs is 1. The van der Waals surface area contributed by atoms with Gasteiger partial charge in [0.15, 0.2) is 0 Å². The standard InChI is InChI=1S/C17H20N4O4/c1-11-12(17(24)25)6-4-9-20(11)15(22)8-10-21-16(23)13-5-2-3-7-14(13)18-19-21/h2-3,5,7,11-12H,4,6,8-10H2,1H3,(H,24,25)/t11-,12-/m1/s1. The molecule has 2 heterocycles. The zero-order valence-corrected chi connectivity index (χ0v) is 14.0. The molecule has 0 spiro atoms. The normalized spacial score (nSPS) is 20.6. The van der Waals surface area contributed by atoms with Crippen LogP contribution >= 0.6 is 0 Å². The fourth-order valence-corrected chi connectivity index (χ4v) is 3.34. The molecule has 8 heteroatoms. The van der Waals surface area contributed by atoms with Crippen molar-refractivity contribution in [2.24, 2.45) is 5.92 Å². The maximum atomic E-state index is 12.5. The van der Waals surface area contributed by atoms with Crippen LogP contribution in [-0.2, 0) is 16.1 Å². The second-order valence-electron chi connectivity index (χ2n) is 6.30. The van der Waals surface area contributed by atoms with Crippen LogP contribution in [0.1, 0.15) is 26.2 Å². The van der Waals surface area contributed by atoms with Gasteiger partial charge in [0.2, 0.25) is 5.91 Å². The number of aliphatic carboxylic acids is 1. The summed E-state index contributed by atoms with van der Waals surface area (Å²) in [4.78, 5) is 37.8. The van der Waals surface area contributed by atoms with Gasteiger partial charge in [-0.2, -0.15) is 0 Å². The van der Waals surface area contributed by atoms with Crippen molar-refractivity contribution in [1.82, 2.24) is 19.9 Å². The quantitative estimate of drug-likeness (QED) is 0.883. The minimum Gasteiger partial charge on any atom is -0.481 e. The summed E-state index contributed by atoms with van der Waals surface area (Å²) in [5.41, 5.74) is 0.234. The van der Waals surface area contributed by atoms with Crippen LogP contribution in [0, 0.1) is 5.92 Å². The molecule has 1 aliphatic rings. The van der Waals surface area contributed by atoms with E-state index in [1.807, 2.05) is 0 Å². The minimum absolute atomic E-state index is 0.0869. The number of carbonyl (C=O) groups excluding carboxylic acids is 1. The molecule has 0 radical (unpaired) electrons. The van der Waals surface area contributed by atoms with Gasteiger partial charge >= 0.3 is 5.97 Å². The predicted molar refractivity (Wildman–Crippen MR) is 89.9 cm³/mol. The molecule has 1 amide bonds. The predicted octanol–water partition coefficient (Wildman–Crippen LogP) is 0.893. The van der Waals surface area contributed by atoms with Crippen molar-refractivity contribution in [3.63, 3.8) is 0 Å². The Hall–Kier alpha value is -2.77. The highest BCUT2D eigenvalue weighted by atomic mass is 16.4. The smallest absolute Gasteiger partial charge is 0.308 e. The zero-order valence-electron chi connectivity index (χ0n) is 14.0. The maximum Gasteiger partial charge on any atom is 0.308 e. The Morgan fingerprint density at radius 1 is 1.32 bits per heavy atom. The van der Waals surface area contributed by atoms with Gasteiger partial charge in [0.05, 0.1) is 17.8 Å². The second kappa shape index (κ2) is 7.00. The molecular weight excluding hydrogens is 324 g/mol. The molecule has 132 valence electrons. The van der Waals surface area contributed by atoms with Crippen LogP contribution in [0.3, 0.4) is 0 Å². The van der Waals surface area contributed by atoms with Crippen LogP contribution in [0.15, 0.2) is 29.1 Å². The van der Waals surface area contributed by atoms with Crippen molar-refractivity contribution in [2.75, 3.05) is 6.54 Å². The number of amides is 1. The SMILES string of the molecule is C[C@@H]1[C@H](C(=O)O)CCCN1C(=O)CCn1nnc2ccccc2c1=O. The number of hydrogen-bond acceptors (Lipinski definition) is 5. The average molecular weight is 344 g/mol. The molecule has 1 aromatic heterocycles. The van der Waals surface area contributed by atoms with E-state index in [0.29, 0.717) is 30.3 Å². The Labute approximate surface area is 144 Å². The Balaban J connectivity index is 1.71. The molecule has 0 unspecified atom stereocenters. The minimum atomic E-state index is -0.874. The number of nitrogens with zero attached hydrogens (tertiary/aromatic N) is 4. The van der Waals surface area contributed by atoms with Crippen molar-refractivity contribution in [3.05, 3.63) is 34.6 Å². The van der Waals surface area contributed by atoms with E-state index >= 15 is 0 Å². The zero-order chi connectivity index (χ0) is 18.0. The third-order valence-corrected chi connectivity index (χ3v) is 4.79. The molecule has 0 bridgehead atoms. The molecular formula is C17H20N4O4. The Morgan fingerprint density at radius 3 is 2.84 bits per heavy atom. The number of carboxylic acid groups (broad SMARTS) is 1. The lowest BCUT2D eigenvalue weighted by molar-refractivity contribution is -0.149. The van der Waals surface area contributed by atoms with Crippen LogP contribution in [0.5, 0.6) is 0 Å². The summed E-state index contributed by atoms with van der Waals surface area (Å²) < 4.78 is 1.18. The van der Waals surface area contributed by atoms with Gasteiger partial charge in [-0.15, -0.1) is 5.10 Å². The molecule has 1 N–H and O–H groups in total. The van der Waals surface area contributed by atoms with Gasteiger partial charge in [-0.25, -0.2) is 4.68 Å². The first-order valence-corrected chi connectivity index (χ1v) is 8.34. The average Bonchev–Trinajstić information content (AvgIpc) is 2.61. The summed E-state index contributed by atoms with van der Waals surface area (Å²) in [6, 6.07) is 6.57. The summed E-state index contributed by atoms with van der Waals surface area (Å²) in [6.07, 6.45) is 1.34. The Morgan fingerprint density at radius 2 is 2.08 bits per heavy atom.